The van der Waals surface area contributed by atoms with Crippen LogP contribution in [0.2, 0.25) is 0 Å². The summed E-state index contributed by atoms with van der Waals surface area (Å²) in [4.78, 5) is 14.2. The number of nitrogens with zero attached hydrogens (tertiary/aromatic N) is 4. The van der Waals surface area contributed by atoms with Gasteiger partial charge in [0.1, 0.15) is 21.1 Å². The number of methoxy groups -OCH3 is 1. The molecule has 0 atom stereocenters. The van der Waals surface area contributed by atoms with Crippen LogP contribution in [-0.4, -0.2) is 54.1 Å². The lowest BCUT2D eigenvalue weighted by atomic mass is 10.1. The van der Waals surface area contributed by atoms with Crippen molar-refractivity contribution in [3.63, 3.8) is 0 Å². The van der Waals surface area contributed by atoms with Crippen molar-refractivity contribution < 1.29 is 13.2 Å². The Morgan fingerprint density at radius 2 is 1.66 bits per heavy atom. The molecule has 0 aliphatic rings. The van der Waals surface area contributed by atoms with Crippen LogP contribution >= 0.6 is 0 Å². The SMILES string of the molecule is CNc1ccc2c(nc(NCc3ccc(OC)cc3)n2C)c1-c1ccnc(Nc2ccc(CCS(C)(=O)=O)cc2)n1. The van der Waals surface area contributed by atoms with Gasteiger partial charge in [-0.05, 0) is 60.0 Å². The number of hydrogen-bond acceptors (Lipinski definition) is 9. The average Bonchev–Trinajstić information content (AvgIpc) is 3.30. The maximum atomic E-state index is 11.5. The number of aryl methyl sites for hydroxylation is 2. The molecule has 0 spiro atoms. The summed E-state index contributed by atoms with van der Waals surface area (Å²) in [6.07, 6.45) is 3.44. The van der Waals surface area contributed by atoms with Gasteiger partial charge in [-0.3, -0.25) is 0 Å². The van der Waals surface area contributed by atoms with E-state index in [1.165, 1.54) is 6.26 Å². The van der Waals surface area contributed by atoms with E-state index in [1.807, 2.05) is 85.4 Å². The molecule has 0 unspecified atom stereocenters. The standard InChI is InChI=1S/C30H33N7O3S/c1-31-24-13-14-26-28(36-30(37(26)2)33-19-21-7-11-23(40-3)12-8-21)27(24)25-15-17-32-29(35-25)34-22-9-5-20(6-10-22)16-18-41(4,38)39/h5-15,17,31H,16,18-19H2,1-4H3,(H,33,36)(H,32,34,35). The van der Waals surface area contributed by atoms with E-state index in [0.717, 1.165) is 56.5 Å². The van der Waals surface area contributed by atoms with E-state index >= 15 is 0 Å². The van der Waals surface area contributed by atoms with Crippen LogP contribution in [0.25, 0.3) is 22.3 Å². The Labute approximate surface area is 239 Å². The monoisotopic (exact) mass is 571 g/mol. The van der Waals surface area contributed by atoms with Crippen LogP contribution in [0.4, 0.5) is 23.3 Å². The molecule has 2 aromatic heterocycles. The molecule has 5 rings (SSSR count). The average molecular weight is 572 g/mol. The molecule has 0 radical (unpaired) electrons. The molecule has 0 saturated carbocycles. The number of imidazole rings is 1. The Bertz CT molecular complexity index is 1770. The van der Waals surface area contributed by atoms with Crippen molar-refractivity contribution in [3.8, 4) is 17.0 Å². The third-order valence-electron chi connectivity index (χ3n) is 6.82. The van der Waals surface area contributed by atoms with Gasteiger partial charge in [0.2, 0.25) is 11.9 Å². The highest BCUT2D eigenvalue weighted by molar-refractivity contribution is 7.90. The van der Waals surface area contributed by atoms with Gasteiger partial charge in [-0.1, -0.05) is 24.3 Å². The van der Waals surface area contributed by atoms with Crippen LogP contribution in [0.3, 0.4) is 0 Å². The van der Waals surface area contributed by atoms with E-state index in [2.05, 4.69) is 20.9 Å². The molecule has 0 amide bonds. The number of ether oxygens (including phenoxy) is 1. The predicted molar refractivity (Wildman–Crippen MR) is 165 cm³/mol. The van der Waals surface area contributed by atoms with Gasteiger partial charge in [-0.25, -0.2) is 23.4 Å². The fourth-order valence-electron chi connectivity index (χ4n) is 4.55. The molecule has 0 aliphatic carbocycles. The van der Waals surface area contributed by atoms with E-state index < -0.39 is 9.84 Å². The Morgan fingerprint density at radius 3 is 2.34 bits per heavy atom. The second-order valence-electron chi connectivity index (χ2n) is 9.77. The molecule has 3 aromatic carbocycles. The number of fused-ring (bicyclic) bond motifs is 1. The summed E-state index contributed by atoms with van der Waals surface area (Å²) in [6.45, 7) is 0.615. The molecular formula is C30H33N7O3S. The van der Waals surface area contributed by atoms with Crippen molar-refractivity contribution in [2.75, 3.05) is 42.1 Å². The molecule has 10 nitrogen and oxygen atoms in total. The van der Waals surface area contributed by atoms with Crippen LogP contribution < -0.4 is 20.7 Å². The van der Waals surface area contributed by atoms with Crippen LogP contribution in [-0.2, 0) is 29.9 Å². The van der Waals surface area contributed by atoms with E-state index in [0.29, 0.717) is 18.9 Å². The summed E-state index contributed by atoms with van der Waals surface area (Å²) in [5.41, 5.74) is 7.15. The van der Waals surface area contributed by atoms with E-state index in [4.69, 9.17) is 14.7 Å². The summed E-state index contributed by atoms with van der Waals surface area (Å²) in [6, 6.07) is 21.5. The van der Waals surface area contributed by atoms with Crippen molar-refractivity contribution >= 4 is 44.1 Å². The summed E-state index contributed by atoms with van der Waals surface area (Å²) >= 11 is 0. The largest absolute Gasteiger partial charge is 0.497 e. The summed E-state index contributed by atoms with van der Waals surface area (Å²) in [5.74, 6) is 2.13. The van der Waals surface area contributed by atoms with Crippen molar-refractivity contribution in [3.05, 3.63) is 84.1 Å². The molecular weight excluding hydrogens is 538 g/mol. The highest BCUT2D eigenvalue weighted by Crippen LogP contribution is 2.35. The molecule has 41 heavy (non-hydrogen) atoms. The second-order valence-corrected chi connectivity index (χ2v) is 12.0. The molecule has 0 saturated heterocycles. The molecule has 0 aliphatic heterocycles. The quantitative estimate of drug-likeness (QED) is 0.200. The van der Waals surface area contributed by atoms with Gasteiger partial charge < -0.3 is 25.3 Å². The zero-order valence-corrected chi connectivity index (χ0v) is 24.3. The first-order valence-corrected chi connectivity index (χ1v) is 15.2. The molecule has 2 heterocycles. The smallest absolute Gasteiger partial charge is 0.227 e. The van der Waals surface area contributed by atoms with E-state index in [1.54, 1.807) is 13.3 Å². The van der Waals surface area contributed by atoms with Gasteiger partial charge >= 0.3 is 0 Å². The molecule has 11 heteroatoms. The lowest BCUT2D eigenvalue weighted by Gasteiger charge is -2.12. The maximum Gasteiger partial charge on any atom is 0.227 e. The van der Waals surface area contributed by atoms with Crippen LogP contribution in [0.1, 0.15) is 11.1 Å². The highest BCUT2D eigenvalue weighted by Gasteiger charge is 2.18. The third-order valence-corrected chi connectivity index (χ3v) is 7.76. The number of nitrogens with one attached hydrogen (secondary N) is 3. The molecule has 5 aromatic rings. The molecule has 212 valence electrons. The Balaban J connectivity index is 1.40. The van der Waals surface area contributed by atoms with E-state index in [9.17, 15) is 8.42 Å². The minimum Gasteiger partial charge on any atom is -0.497 e. The predicted octanol–water partition coefficient (Wildman–Crippen LogP) is 5.02. The van der Waals surface area contributed by atoms with Gasteiger partial charge in [-0.15, -0.1) is 0 Å². The first-order chi connectivity index (χ1) is 19.7. The number of hydrogen-bond donors (Lipinski definition) is 3. The number of sulfone groups is 1. The highest BCUT2D eigenvalue weighted by atomic mass is 32.2. The zero-order valence-electron chi connectivity index (χ0n) is 23.5. The lowest BCUT2D eigenvalue weighted by Crippen LogP contribution is -2.05. The minimum atomic E-state index is -3.01. The normalized spacial score (nSPS) is 11.4. The van der Waals surface area contributed by atoms with Crippen LogP contribution in [0.15, 0.2) is 72.9 Å². The molecule has 0 bridgehead atoms. The maximum absolute atomic E-state index is 11.5. The van der Waals surface area contributed by atoms with Gasteiger partial charge in [0.05, 0.1) is 29.6 Å². The van der Waals surface area contributed by atoms with Gasteiger partial charge in [0, 0.05) is 44.5 Å². The van der Waals surface area contributed by atoms with Gasteiger partial charge in [-0.2, -0.15) is 0 Å². The third kappa shape index (κ3) is 6.58. The van der Waals surface area contributed by atoms with Crippen molar-refractivity contribution in [1.82, 2.24) is 19.5 Å². The fraction of sp³-hybridized carbons (Fsp3) is 0.233. The summed E-state index contributed by atoms with van der Waals surface area (Å²) in [5, 5.41) is 9.98. The summed E-state index contributed by atoms with van der Waals surface area (Å²) < 4.78 is 30.2. The lowest BCUT2D eigenvalue weighted by molar-refractivity contribution is 0.414. The minimum absolute atomic E-state index is 0.122. The Morgan fingerprint density at radius 1 is 0.927 bits per heavy atom. The topological polar surface area (TPSA) is 123 Å². The van der Waals surface area contributed by atoms with Crippen LogP contribution in [0.5, 0.6) is 5.75 Å². The zero-order chi connectivity index (χ0) is 29.0. The van der Waals surface area contributed by atoms with Crippen LogP contribution in [0, 0.1) is 0 Å². The first-order valence-electron chi connectivity index (χ1n) is 13.1. The van der Waals surface area contributed by atoms with E-state index in [-0.39, 0.29) is 5.75 Å². The first kappa shape index (κ1) is 27.9. The number of rotatable bonds is 11. The van der Waals surface area contributed by atoms with Crippen molar-refractivity contribution in [2.45, 2.75) is 13.0 Å². The second kappa shape index (κ2) is 11.8. The Hall–Kier alpha value is -4.64. The number of anilines is 4. The van der Waals surface area contributed by atoms with Gasteiger partial charge in [0.25, 0.3) is 0 Å². The number of benzene rings is 3. The van der Waals surface area contributed by atoms with Gasteiger partial charge in [0.15, 0.2) is 0 Å². The molecule has 3 N–H and O–H groups in total. The van der Waals surface area contributed by atoms with Crippen molar-refractivity contribution in [1.29, 1.82) is 0 Å². The summed E-state index contributed by atoms with van der Waals surface area (Å²) in [7, 11) is 2.51. The molecule has 0 fully saturated rings. The fourth-order valence-corrected chi connectivity index (χ4v) is 5.16. The Kier molecular flexibility index (Phi) is 8.06. The van der Waals surface area contributed by atoms with Crippen molar-refractivity contribution in [2.24, 2.45) is 7.05 Å². The number of aromatic nitrogens is 4.